The van der Waals surface area contributed by atoms with E-state index >= 15 is 0 Å². The largest absolute Gasteiger partial charge is 0.387 e. The van der Waals surface area contributed by atoms with Gasteiger partial charge in [-0.15, -0.1) is 6.58 Å². The second-order valence-electron chi connectivity index (χ2n) is 2.34. The molecule has 1 N–H and O–H groups in total. The maximum Gasteiger partial charge on any atom is 0.297 e. The summed E-state index contributed by atoms with van der Waals surface area (Å²) >= 11 is 0. The van der Waals surface area contributed by atoms with Gasteiger partial charge >= 0.3 is 0 Å². The van der Waals surface area contributed by atoms with Gasteiger partial charge in [0, 0.05) is 0 Å². The van der Waals surface area contributed by atoms with Crippen LogP contribution in [0.15, 0.2) is 12.7 Å². The summed E-state index contributed by atoms with van der Waals surface area (Å²) in [4.78, 5) is 0. The first-order chi connectivity index (χ1) is 5.58. The van der Waals surface area contributed by atoms with E-state index in [-0.39, 0.29) is 13.2 Å². The Bertz CT molecular complexity index is 257. The summed E-state index contributed by atoms with van der Waals surface area (Å²) in [5, 5.41) is 9.09. The molecule has 5 nitrogen and oxygen atoms in total. The lowest BCUT2D eigenvalue weighted by atomic mass is 10.4. The van der Waals surface area contributed by atoms with Crippen molar-refractivity contribution in [2.24, 2.45) is 0 Å². The Kier molecular flexibility index (Phi) is 2.84. The highest BCUT2D eigenvalue weighted by molar-refractivity contribution is 7.87. The molecular weight excluding hydrogens is 184 g/mol. The molecule has 0 spiro atoms. The van der Waals surface area contributed by atoms with Crippen LogP contribution < -0.4 is 0 Å². The minimum absolute atomic E-state index is 0.0737. The van der Waals surface area contributed by atoms with Crippen molar-refractivity contribution in [3.05, 3.63) is 12.7 Å². The number of hydrogen-bond donors (Lipinski definition) is 1. The second kappa shape index (κ2) is 3.53. The summed E-state index contributed by atoms with van der Waals surface area (Å²) in [6.07, 6.45) is 0.301. The van der Waals surface area contributed by atoms with Crippen LogP contribution in [-0.4, -0.2) is 38.3 Å². The summed E-state index contributed by atoms with van der Waals surface area (Å²) in [5.74, 6) is 0. The molecule has 6 heteroatoms. The number of rotatable bonds is 3. The molecule has 2 atom stereocenters. The van der Waals surface area contributed by atoms with E-state index in [4.69, 9.17) is 9.84 Å². The molecule has 1 saturated heterocycles. The monoisotopic (exact) mass is 194 g/mol. The zero-order valence-electron chi connectivity index (χ0n) is 6.34. The van der Waals surface area contributed by atoms with Gasteiger partial charge in [0.1, 0.15) is 6.10 Å². The van der Waals surface area contributed by atoms with Gasteiger partial charge in [0.05, 0.1) is 13.2 Å². The van der Waals surface area contributed by atoms with Crippen LogP contribution in [0.3, 0.4) is 0 Å². The third kappa shape index (κ3) is 1.84. The van der Waals surface area contributed by atoms with Crippen molar-refractivity contribution in [1.82, 2.24) is 0 Å². The maximum atomic E-state index is 10.9. The summed E-state index contributed by atoms with van der Waals surface area (Å²) in [5.41, 5.74) is -1.27. The fourth-order valence-electron chi connectivity index (χ4n) is 0.860. The average Bonchev–Trinajstić information content (AvgIpc) is 2.24. The molecule has 0 amide bonds. The first-order valence-electron chi connectivity index (χ1n) is 3.37. The van der Waals surface area contributed by atoms with Gasteiger partial charge in [-0.05, 0) is 0 Å². The Morgan fingerprint density at radius 2 is 2.42 bits per heavy atom. The van der Waals surface area contributed by atoms with Crippen molar-refractivity contribution < 1.29 is 22.4 Å². The molecule has 0 aliphatic carbocycles. The molecule has 0 aromatic heterocycles. The van der Waals surface area contributed by atoms with Crippen molar-refractivity contribution in [2.75, 3.05) is 13.2 Å². The molecule has 0 bridgehead atoms. The van der Waals surface area contributed by atoms with Crippen molar-refractivity contribution in [2.45, 2.75) is 11.5 Å². The molecule has 0 aromatic carbocycles. The van der Waals surface area contributed by atoms with Crippen LogP contribution in [-0.2, 0) is 19.0 Å². The van der Waals surface area contributed by atoms with E-state index in [2.05, 4.69) is 10.8 Å². The Morgan fingerprint density at radius 3 is 2.83 bits per heavy atom. The fourth-order valence-corrected chi connectivity index (χ4v) is 2.03. The molecule has 1 heterocycles. The van der Waals surface area contributed by atoms with Gasteiger partial charge < -0.3 is 9.84 Å². The van der Waals surface area contributed by atoms with Gasteiger partial charge in [0.15, 0.2) is 0 Å². The summed E-state index contributed by atoms with van der Waals surface area (Å²) in [6, 6.07) is 0. The highest BCUT2D eigenvalue weighted by Gasteiger charge is 2.41. The van der Waals surface area contributed by atoms with Gasteiger partial charge in [0.25, 0.3) is 10.1 Å². The summed E-state index contributed by atoms with van der Waals surface area (Å²) in [6.45, 7) is 3.19. The lowest BCUT2D eigenvalue weighted by Gasteiger charge is -2.10. The molecule has 12 heavy (non-hydrogen) atoms. The Hall–Kier alpha value is -0.430. The predicted molar refractivity (Wildman–Crippen MR) is 40.8 cm³/mol. The predicted octanol–water partition coefficient (Wildman–Crippen LogP) is -0.764. The van der Waals surface area contributed by atoms with Crippen LogP contribution >= 0.6 is 0 Å². The standard InChI is InChI=1S/C6H10O5S/c1-2-3-10-6-5(7)4-11-12(6,8)9/h2,5-7H,1,3-4H2. The third-order valence-electron chi connectivity index (χ3n) is 1.38. The number of aliphatic hydroxyl groups excluding tert-OH is 1. The van der Waals surface area contributed by atoms with Crippen LogP contribution in [0.25, 0.3) is 0 Å². The molecule has 1 aliphatic rings. The number of hydrogen-bond acceptors (Lipinski definition) is 5. The molecule has 0 aromatic rings. The molecule has 70 valence electrons. The summed E-state index contributed by atoms with van der Waals surface area (Å²) < 4.78 is 31.0. The van der Waals surface area contributed by atoms with E-state index in [1.165, 1.54) is 6.08 Å². The first kappa shape index (κ1) is 9.66. The van der Waals surface area contributed by atoms with E-state index in [0.717, 1.165) is 0 Å². The third-order valence-corrected chi connectivity index (χ3v) is 2.86. The van der Waals surface area contributed by atoms with Gasteiger partial charge in [-0.2, -0.15) is 8.42 Å². The fraction of sp³-hybridized carbons (Fsp3) is 0.667. The highest BCUT2D eigenvalue weighted by Crippen LogP contribution is 2.19. The van der Waals surface area contributed by atoms with E-state index in [9.17, 15) is 8.42 Å². The maximum absolute atomic E-state index is 10.9. The highest BCUT2D eigenvalue weighted by atomic mass is 32.2. The molecule has 1 rings (SSSR count). The topological polar surface area (TPSA) is 72.8 Å². The minimum atomic E-state index is -3.73. The number of aliphatic hydroxyl groups is 1. The van der Waals surface area contributed by atoms with Crippen molar-refractivity contribution >= 4 is 10.1 Å². The molecule has 0 radical (unpaired) electrons. The Balaban J connectivity index is 2.65. The van der Waals surface area contributed by atoms with Gasteiger partial charge in [0.2, 0.25) is 5.44 Å². The first-order valence-corrected chi connectivity index (χ1v) is 4.84. The van der Waals surface area contributed by atoms with E-state index in [1.807, 2.05) is 0 Å². The van der Waals surface area contributed by atoms with E-state index in [0.29, 0.717) is 0 Å². The van der Waals surface area contributed by atoms with Crippen LogP contribution in [0.5, 0.6) is 0 Å². The quantitative estimate of drug-likeness (QED) is 0.472. The lowest BCUT2D eigenvalue weighted by Crippen LogP contribution is -2.30. The van der Waals surface area contributed by atoms with E-state index in [1.54, 1.807) is 0 Å². The smallest absolute Gasteiger partial charge is 0.297 e. The molecule has 1 aliphatic heterocycles. The Morgan fingerprint density at radius 1 is 1.75 bits per heavy atom. The Labute approximate surface area is 70.7 Å². The van der Waals surface area contributed by atoms with Crippen molar-refractivity contribution in [3.63, 3.8) is 0 Å². The van der Waals surface area contributed by atoms with Crippen LogP contribution in [0, 0.1) is 0 Å². The average molecular weight is 194 g/mol. The zero-order chi connectivity index (χ0) is 9.19. The SMILES string of the molecule is C=CCOC1C(O)COS1(=O)=O. The van der Waals surface area contributed by atoms with Gasteiger partial charge in [-0.25, -0.2) is 0 Å². The van der Waals surface area contributed by atoms with E-state index < -0.39 is 21.7 Å². The van der Waals surface area contributed by atoms with Crippen LogP contribution in [0.1, 0.15) is 0 Å². The van der Waals surface area contributed by atoms with Gasteiger partial charge in [-0.1, -0.05) is 6.08 Å². The molecular formula is C6H10O5S. The molecule has 2 unspecified atom stereocenters. The van der Waals surface area contributed by atoms with Gasteiger partial charge in [-0.3, -0.25) is 4.18 Å². The lowest BCUT2D eigenvalue weighted by molar-refractivity contribution is 0.0264. The van der Waals surface area contributed by atoms with Crippen molar-refractivity contribution in [1.29, 1.82) is 0 Å². The summed E-state index contributed by atoms with van der Waals surface area (Å²) in [7, 11) is -3.73. The number of ether oxygens (including phenoxy) is 1. The molecule has 1 fully saturated rings. The second-order valence-corrected chi connectivity index (χ2v) is 4.02. The van der Waals surface area contributed by atoms with Crippen LogP contribution in [0.4, 0.5) is 0 Å². The normalized spacial score (nSPS) is 33.4. The zero-order valence-corrected chi connectivity index (χ0v) is 7.16. The van der Waals surface area contributed by atoms with Crippen molar-refractivity contribution in [3.8, 4) is 0 Å². The molecule has 0 saturated carbocycles. The minimum Gasteiger partial charge on any atom is -0.387 e. The van der Waals surface area contributed by atoms with Crippen LogP contribution in [0.2, 0.25) is 0 Å².